The number of aromatic nitrogens is 1. The van der Waals surface area contributed by atoms with E-state index in [1.54, 1.807) is 0 Å². The van der Waals surface area contributed by atoms with Crippen LogP contribution in [-0.4, -0.2) is 29.9 Å². The predicted octanol–water partition coefficient (Wildman–Crippen LogP) is 4.36. The maximum atomic E-state index is 12.9. The average Bonchev–Trinajstić information content (AvgIpc) is 3.00. The van der Waals surface area contributed by atoms with Gasteiger partial charge in [0.05, 0.1) is 11.1 Å². The number of fused-ring (bicyclic) bond motifs is 3. The first kappa shape index (κ1) is 16.9. The SMILES string of the molecule is CN(C)Cc1cccc(NC(=O)c2cccc3c4c([nH]c23)CCCC4)c1. The van der Waals surface area contributed by atoms with Crippen LogP contribution in [0.25, 0.3) is 10.9 Å². The van der Waals surface area contributed by atoms with Crippen molar-refractivity contribution >= 4 is 22.5 Å². The van der Waals surface area contributed by atoms with E-state index in [4.69, 9.17) is 0 Å². The van der Waals surface area contributed by atoms with E-state index in [1.165, 1.54) is 35.0 Å². The van der Waals surface area contributed by atoms with Gasteiger partial charge in [0.1, 0.15) is 0 Å². The smallest absolute Gasteiger partial charge is 0.257 e. The minimum atomic E-state index is -0.0591. The lowest BCUT2D eigenvalue weighted by atomic mass is 9.95. The molecule has 4 nitrogen and oxygen atoms in total. The van der Waals surface area contributed by atoms with Gasteiger partial charge in [0, 0.05) is 23.3 Å². The van der Waals surface area contributed by atoms with E-state index < -0.39 is 0 Å². The summed E-state index contributed by atoms with van der Waals surface area (Å²) in [6.07, 6.45) is 4.64. The number of aryl methyl sites for hydroxylation is 2. The molecule has 0 atom stereocenters. The van der Waals surface area contributed by atoms with Crippen molar-refractivity contribution in [3.05, 3.63) is 64.8 Å². The number of nitrogens with zero attached hydrogens (tertiary/aromatic N) is 1. The van der Waals surface area contributed by atoms with Gasteiger partial charge in [-0.3, -0.25) is 4.79 Å². The van der Waals surface area contributed by atoms with Crippen molar-refractivity contribution in [3.8, 4) is 0 Å². The molecule has 0 bridgehead atoms. The molecule has 1 aliphatic rings. The zero-order chi connectivity index (χ0) is 18.1. The molecule has 1 heterocycles. The van der Waals surface area contributed by atoms with Crippen molar-refractivity contribution < 1.29 is 4.79 Å². The van der Waals surface area contributed by atoms with Crippen molar-refractivity contribution in [2.45, 2.75) is 32.2 Å². The van der Waals surface area contributed by atoms with E-state index >= 15 is 0 Å². The van der Waals surface area contributed by atoms with Gasteiger partial charge in [-0.25, -0.2) is 0 Å². The van der Waals surface area contributed by atoms with Crippen molar-refractivity contribution in [2.75, 3.05) is 19.4 Å². The predicted molar refractivity (Wildman–Crippen MR) is 107 cm³/mol. The minimum absolute atomic E-state index is 0.0591. The normalized spacial score (nSPS) is 13.8. The third-order valence-electron chi connectivity index (χ3n) is 5.06. The molecule has 0 radical (unpaired) electrons. The monoisotopic (exact) mass is 347 g/mol. The van der Waals surface area contributed by atoms with Gasteiger partial charge in [-0.05, 0) is 69.1 Å². The third-order valence-corrected chi connectivity index (χ3v) is 5.06. The van der Waals surface area contributed by atoms with E-state index in [9.17, 15) is 4.79 Å². The summed E-state index contributed by atoms with van der Waals surface area (Å²) in [6.45, 7) is 0.850. The number of benzene rings is 2. The Morgan fingerprint density at radius 1 is 1.12 bits per heavy atom. The molecular formula is C22H25N3O. The Labute approximate surface area is 154 Å². The van der Waals surface area contributed by atoms with Gasteiger partial charge in [-0.15, -0.1) is 0 Å². The molecule has 4 rings (SSSR count). The zero-order valence-corrected chi connectivity index (χ0v) is 15.4. The molecule has 1 aliphatic carbocycles. The maximum Gasteiger partial charge on any atom is 0.257 e. The van der Waals surface area contributed by atoms with Crippen LogP contribution >= 0.6 is 0 Å². The number of hydrogen-bond acceptors (Lipinski definition) is 2. The number of para-hydroxylation sites is 1. The molecule has 134 valence electrons. The summed E-state index contributed by atoms with van der Waals surface area (Å²) in [4.78, 5) is 18.6. The van der Waals surface area contributed by atoms with Gasteiger partial charge in [-0.2, -0.15) is 0 Å². The molecule has 0 saturated heterocycles. The molecule has 0 saturated carbocycles. The molecule has 0 unspecified atom stereocenters. The number of carbonyl (C=O) groups is 1. The highest BCUT2D eigenvalue weighted by atomic mass is 16.1. The summed E-state index contributed by atoms with van der Waals surface area (Å²) in [5, 5.41) is 4.27. The number of anilines is 1. The number of amides is 1. The van der Waals surface area contributed by atoms with Gasteiger partial charge < -0.3 is 15.2 Å². The molecule has 0 aliphatic heterocycles. The lowest BCUT2D eigenvalue weighted by molar-refractivity contribution is 0.102. The van der Waals surface area contributed by atoms with E-state index in [-0.39, 0.29) is 5.91 Å². The summed E-state index contributed by atoms with van der Waals surface area (Å²) in [6, 6.07) is 14.1. The van der Waals surface area contributed by atoms with E-state index in [1.807, 2.05) is 44.4 Å². The van der Waals surface area contributed by atoms with Crippen molar-refractivity contribution in [3.63, 3.8) is 0 Å². The molecule has 3 aromatic rings. The fourth-order valence-corrected chi connectivity index (χ4v) is 3.93. The second-order valence-corrected chi connectivity index (χ2v) is 7.41. The zero-order valence-electron chi connectivity index (χ0n) is 15.4. The Hall–Kier alpha value is -2.59. The van der Waals surface area contributed by atoms with Gasteiger partial charge in [0.15, 0.2) is 0 Å². The summed E-state index contributed by atoms with van der Waals surface area (Å²) >= 11 is 0. The highest BCUT2D eigenvalue weighted by Crippen LogP contribution is 2.31. The summed E-state index contributed by atoms with van der Waals surface area (Å²) in [5.41, 5.74) is 6.41. The first-order valence-corrected chi connectivity index (χ1v) is 9.29. The van der Waals surface area contributed by atoms with E-state index in [0.717, 1.165) is 36.2 Å². The van der Waals surface area contributed by atoms with Crippen LogP contribution < -0.4 is 5.32 Å². The van der Waals surface area contributed by atoms with Gasteiger partial charge in [0.25, 0.3) is 5.91 Å². The summed E-state index contributed by atoms with van der Waals surface area (Å²) < 4.78 is 0. The van der Waals surface area contributed by atoms with Crippen LogP contribution in [0, 0.1) is 0 Å². The van der Waals surface area contributed by atoms with Crippen LogP contribution in [0.5, 0.6) is 0 Å². The topological polar surface area (TPSA) is 48.1 Å². The maximum absolute atomic E-state index is 12.9. The second kappa shape index (κ2) is 6.96. The van der Waals surface area contributed by atoms with Crippen LogP contribution in [0.2, 0.25) is 0 Å². The number of H-pyrrole nitrogens is 1. The number of aromatic amines is 1. The number of rotatable bonds is 4. The fraction of sp³-hybridized carbons (Fsp3) is 0.318. The molecular weight excluding hydrogens is 322 g/mol. The van der Waals surface area contributed by atoms with Crippen LogP contribution in [0.3, 0.4) is 0 Å². The minimum Gasteiger partial charge on any atom is -0.358 e. The lowest BCUT2D eigenvalue weighted by Crippen LogP contribution is -2.14. The van der Waals surface area contributed by atoms with Crippen LogP contribution in [-0.2, 0) is 19.4 Å². The first-order valence-electron chi connectivity index (χ1n) is 9.29. The first-order chi connectivity index (χ1) is 12.6. The molecule has 2 aromatic carbocycles. The van der Waals surface area contributed by atoms with Crippen LogP contribution in [0.1, 0.15) is 40.0 Å². The highest BCUT2D eigenvalue weighted by molar-refractivity contribution is 6.12. The molecule has 0 spiro atoms. The van der Waals surface area contributed by atoms with Gasteiger partial charge >= 0.3 is 0 Å². The van der Waals surface area contributed by atoms with Gasteiger partial charge in [0.2, 0.25) is 0 Å². The average molecular weight is 347 g/mol. The number of hydrogen-bond donors (Lipinski definition) is 2. The summed E-state index contributed by atoms with van der Waals surface area (Å²) in [7, 11) is 4.08. The third kappa shape index (κ3) is 3.25. The molecule has 2 N–H and O–H groups in total. The van der Waals surface area contributed by atoms with Gasteiger partial charge in [-0.1, -0.05) is 24.3 Å². The van der Waals surface area contributed by atoms with Crippen molar-refractivity contribution in [1.82, 2.24) is 9.88 Å². The van der Waals surface area contributed by atoms with Crippen molar-refractivity contribution in [1.29, 1.82) is 0 Å². The van der Waals surface area contributed by atoms with E-state index in [2.05, 4.69) is 27.3 Å². The van der Waals surface area contributed by atoms with E-state index in [0.29, 0.717) is 0 Å². The number of carbonyl (C=O) groups excluding carboxylic acids is 1. The molecule has 0 fully saturated rings. The Morgan fingerprint density at radius 3 is 2.77 bits per heavy atom. The largest absolute Gasteiger partial charge is 0.358 e. The van der Waals surface area contributed by atoms with Crippen molar-refractivity contribution in [2.24, 2.45) is 0 Å². The lowest BCUT2D eigenvalue weighted by Gasteiger charge is -2.12. The van der Waals surface area contributed by atoms with Crippen LogP contribution in [0.4, 0.5) is 5.69 Å². The van der Waals surface area contributed by atoms with Crippen LogP contribution in [0.15, 0.2) is 42.5 Å². The Kier molecular flexibility index (Phi) is 4.51. The highest BCUT2D eigenvalue weighted by Gasteiger charge is 2.19. The Bertz CT molecular complexity index is 955. The Morgan fingerprint density at radius 2 is 1.92 bits per heavy atom. The molecule has 1 amide bonds. The number of nitrogens with one attached hydrogen (secondary N) is 2. The molecule has 26 heavy (non-hydrogen) atoms. The fourth-order valence-electron chi connectivity index (χ4n) is 3.93. The molecule has 4 heteroatoms. The summed E-state index contributed by atoms with van der Waals surface area (Å²) in [5.74, 6) is -0.0591. The second-order valence-electron chi connectivity index (χ2n) is 7.41. The standard InChI is InChI=1S/C22H25N3O/c1-25(2)14-15-7-5-8-16(13-15)23-22(26)19-11-6-10-18-17-9-3-4-12-20(17)24-21(18)19/h5-8,10-11,13,24H,3-4,9,12,14H2,1-2H3,(H,23,26). The quantitative estimate of drug-likeness (QED) is 0.737. The Balaban J connectivity index is 1.64. The molecule has 1 aromatic heterocycles.